The third-order valence-corrected chi connectivity index (χ3v) is 3.04. The normalized spacial score (nSPS) is 10.4. The SMILES string of the molecule is C#C.CSc1ccc(Cl)cc1CC(C)(C)C. The highest BCUT2D eigenvalue weighted by atomic mass is 35.5. The molecule has 0 nitrogen and oxygen atoms in total. The minimum atomic E-state index is 0.315. The van der Waals surface area contributed by atoms with Crippen LogP contribution in [0.4, 0.5) is 0 Å². The van der Waals surface area contributed by atoms with Gasteiger partial charge in [0.05, 0.1) is 0 Å². The van der Waals surface area contributed by atoms with Gasteiger partial charge in [-0.3, -0.25) is 0 Å². The van der Waals surface area contributed by atoms with Gasteiger partial charge < -0.3 is 0 Å². The quantitative estimate of drug-likeness (QED) is 0.534. The van der Waals surface area contributed by atoms with E-state index in [2.05, 4.69) is 52.0 Å². The van der Waals surface area contributed by atoms with Gasteiger partial charge in [0, 0.05) is 9.92 Å². The van der Waals surface area contributed by atoms with E-state index in [-0.39, 0.29) is 0 Å². The van der Waals surface area contributed by atoms with Gasteiger partial charge in [0.2, 0.25) is 0 Å². The van der Waals surface area contributed by atoms with Crippen LogP contribution in [-0.2, 0) is 6.42 Å². The summed E-state index contributed by atoms with van der Waals surface area (Å²) < 4.78 is 0. The number of hydrogen-bond acceptors (Lipinski definition) is 1. The number of rotatable bonds is 2. The van der Waals surface area contributed by atoms with Crippen LogP contribution in [0.5, 0.6) is 0 Å². The summed E-state index contributed by atoms with van der Waals surface area (Å²) in [6, 6.07) is 6.15. The number of benzene rings is 1. The number of thioether (sulfide) groups is 1. The maximum atomic E-state index is 5.99. The Bertz CT molecular complexity index is 347. The molecule has 0 amide bonds. The van der Waals surface area contributed by atoms with Crippen molar-refractivity contribution < 1.29 is 0 Å². The van der Waals surface area contributed by atoms with E-state index < -0.39 is 0 Å². The van der Waals surface area contributed by atoms with Gasteiger partial charge in [0.1, 0.15) is 0 Å². The lowest BCUT2D eigenvalue weighted by Gasteiger charge is -2.20. The van der Waals surface area contributed by atoms with E-state index in [1.807, 2.05) is 6.07 Å². The van der Waals surface area contributed by atoms with Gasteiger partial charge in [-0.15, -0.1) is 24.6 Å². The maximum absolute atomic E-state index is 5.99. The van der Waals surface area contributed by atoms with E-state index in [4.69, 9.17) is 11.6 Å². The molecule has 0 aliphatic carbocycles. The topological polar surface area (TPSA) is 0 Å². The number of halogens is 1. The standard InChI is InChI=1S/C12H17ClS.C2H2/c1-12(2,3)8-9-7-10(13)5-6-11(9)14-4;1-2/h5-7H,8H2,1-4H3;1-2H. The third-order valence-electron chi connectivity index (χ3n) is 1.96. The summed E-state index contributed by atoms with van der Waals surface area (Å²) in [5.41, 5.74) is 1.67. The van der Waals surface area contributed by atoms with E-state index in [9.17, 15) is 0 Å². The molecular formula is C14H19ClS. The van der Waals surface area contributed by atoms with Gasteiger partial charge >= 0.3 is 0 Å². The van der Waals surface area contributed by atoms with Gasteiger partial charge in [-0.2, -0.15) is 0 Å². The zero-order valence-electron chi connectivity index (χ0n) is 10.4. The van der Waals surface area contributed by atoms with Crippen molar-refractivity contribution in [2.45, 2.75) is 32.1 Å². The molecule has 88 valence electrons. The zero-order valence-corrected chi connectivity index (χ0v) is 12.0. The molecule has 0 radical (unpaired) electrons. The summed E-state index contributed by atoms with van der Waals surface area (Å²) in [5.74, 6) is 0. The highest BCUT2D eigenvalue weighted by molar-refractivity contribution is 7.98. The van der Waals surface area contributed by atoms with Gasteiger partial charge in [-0.05, 0) is 41.9 Å². The minimum absolute atomic E-state index is 0.315. The molecule has 16 heavy (non-hydrogen) atoms. The molecule has 1 rings (SSSR count). The molecule has 0 spiro atoms. The Morgan fingerprint density at radius 3 is 2.25 bits per heavy atom. The molecule has 0 aliphatic rings. The van der Waals surface area contributed by atoms with Crippen molar-refractivity contribution in [3.05, 3.63) is 28.8 Å². The summed E-state index contributed by atoms with van der Waals surface area (Å²) in [4.78, 5) is 1.34. The smallest absolute Gasteiger partial charge is 0.0409 e. The Hall–Kier alpha value is -0.580. The highest BCUT2D eigenvalue weighted by Gasteiger charge is 2.14. The molecule has 0 aromatic heterocycles. The number of hydrogen-bond donors (Lipinski definition) is 0. The monoisotopic (exact) mass is 254 g/mol. The first-order valence-electron chi connectivity index (χ1n) is 5.08. The van der Waals surface area contributed by atoms with Crippen LogP contribution in [0.1, 0.15) is 26.3 Å². The van der Waals surface area contributed by atoms with Crippen molar-refractivity contribution in [3.63, 3.8) is 0 Å². The van der Waals surface area contributed by atoms with Crippen molar-refractivity contribution in [3.8, 4) is 12.8 Å². The van der Waals surface area contributed by atoms with Gasteiger partial charge in [0.15, 0.2) is 0 Å². The van der Waals surface area contributed by atoms with Gasteiger partial charge in [-0.1, -0.05) is 32.4 Å². The maximum Gasteiger partial charge on any atom is 0.0409 e. The molecule has 0 saturated heterocycles. The van der Waals surface area contributed by atoms with Crippen molar-refractivity contribution >= 4 is 23.4 Å². The molecular weight excluding hydrogens is 236 g/mol. The predicted molar refractivity (Wildman–Crippen MR) is 76.3 cm³/mol. The minimum Gasteiger partial charge on any atom is -0.129 e. The molecule has 0 heterocycles. The van der Waals surface area contributed by atoms with Crippen molar-refractivity contribution in [1.29, 1.82) is 0 Å². The Morgan fingerprint density at radius 1 is 1.25 bits per heavy atom. The fraction of sp³-hybridized carbons (Fsp3) is 0.429. The summed E-state index contributed by atoms with van der Waals surface area (Å²) >= 11 is 7.78. The Balaban J connectivity index is 0.00000106. The zero-order chi connectivity index (χ0) is 12.8. The average molecular weight is 255 g/mol. The predicted octanol–water partition coefficient (Wildman–Crippen LogP) is 4.90. The van der Waals surface area contributed by atoms with E-state index >= 15 is 0 Å². The lowest BCUT2D eigenvalue weighted by molar-refractivity contribution is 0.408. The molecule has 0 unspecified atom stereocenters. The van der Waals surface area contributed by atoms with Crippen LogP contribution in [0.2, 0.25) is 5.02 Å². The van der Waals surface area contributed by atoms with Crippen molar-refractivity contribution in [1.82, 2.24) is 0 Å². The fourth-order valence-electron chi connectivity index (χ4n) is 1.46. The first-order chi connectivity index (χ1) is 7.42. The van der Waals surface area contributed by atoms with Crippen LogP contribution in [0.25, 0.3) is 0 Å². The highest BCUT2D eigenvalue weighted by Crippen LogP contribution is 2.29. The molecule has 1 aromatic carbocycles. The summed E-state index contributed by atoms with van der Waals surface area (Å²) in [5, 5.41) is 0.835. The van der Waals surface area contributed by atoms with E-state index in [0.717, 1.165) is 11.4 Å². The first kappa shape index (κ1) is 15.4. The Labute approximate surface area is 109 Å². The van der Waals surface area contributed by atoms with Crippen LogP contribution in [0, 0.1) is 18.3 Å². The van der Waals surface area contributed by atoms with E-state index in [1.165, 1.54) is 10.5 Å². The lowest BCUT2D eigenvalue weighted by Crippen LogP contribution is -2.09. The summed E-state index contributed by atoms with van der Waals surface area (Å²) in [6.07, 6.45) is 11.2. The lowest BCUT2D eigenvalue weighted by atomic mass is 9.88. The molecule has 0 atom stereocenters. The van der Waals surface area contributed by atoms with Gasteiger partial charge in [0.25, 0.3) is 0 Å². The fourth-order valence-corrected chi connectivity index (χ4v) is 2.25. The van der Waals surface area contributed by atoms with E-state index in [1.54, 1.807) is 11.8 Å². The van der Waals surface area contributed by atoms with Gasteiger partial charge in [-0.25, -0.2) is 0 Å². The summed E-state index contributed by atoms with van der Waals surface area (Å²) in [7, 11) is 0. The van der Waals surface area contributed by atoms with Crippen LogP contribution in [0.3, 0.4) is 0 Å². The van der Waals surface area contributed by atoms with Crippen molar-refractivity contribution in [2.24, 2.45) is 5.41 Å². The molecule has 0 aliphatic heterocycles. The second kappa shape index (κ2) is 6.89. The molecule has 1 aromatic rings. The molecule has 0 bridgehead atoms. The van der Waals surface area contributed by atoms with Crippen LogP contribution in [-0.4, -0.2) is 6.26 Å². The molecule has 0 saturated carbocycles. The number of terminal acetylenes is 1. The second-order valence-electron chi connectivity index (χ2n) is 4.69. The molecule has 0 N–H and O–H groups in total. The molecule has 2 heteroatoms. The third kappa shape index (κ3) is 5.49. The first-order valence-corrected chi connectivity index (χ1v) is 6.68. The summed E-state index contributed by atoms with van der Waals surface area (Å²) in [6.45, 7) is 6.74. The van der Waals surface area contributed by atoms with E-state index in [0.29, 0.717) is 5.41 Å². The van der Waals surface area contributed by atoms with Crippen molar-refractivity contribution in [2.75, 3.05) is 6.26 Å². The largest absolute Gasteiger partial charge is 0.129 e. The Morgan fingerprint density at radius 2 is 1.81 bits per heavy atom. The Kier molecular flexibility index (Phi) is 6.64. The van der Waals surface area contributed by atoms with Crippen LogP contribution < -0.4 is 0 Å². The van der Waals surface area contributed by atoms with Crippen LogP contribution >= 0.6 is 23.4 Å². The average Bonchev–Trinajstić information content (AvgIpc) is 2.19. The second-order valence-corrected chi connectivity index (χ2v) is 5.98. The molecule has 0 fully saturated rings. The van der Waals surface area contributed by atoms with Crippen LogP contribution in [0.15, 0.2) is 23.1 Å².